The third kappa shape index (κ3) is 3.95. The van der Waals surface area contributed by atoms with E-state index in [4.69, 9.17) is 11.6 Å². The predicted molar refractivity (Wildman–Crippen MR) is 87.3 cm³/mol. The number of aryl methyl sites for hydroxylation is 1. The van der Waals surface area contributed by atoms with E-state index in [1.54, 1.807) is 12.1 Å². The molecular formula is C16H19ClF3NO2S. The summed E-state index contributed by atoms with van der Waals surface area (Å²) in [5, 5.41) is 0.211. The molecule has 1 aromatic rings. The van der Waals surface area contributed by atoms with Gasteiger partial charge in [0.25, 0.3) is 0 Å². The van der Waals surface area contributed by atoms with Gasteiger partial charge in [0.15, 0.2) is 0 Å². The average molecular weight is 382 g/mol. The molecule has 0 aliphatic carbocycles. The number of sulfonamides is 1. The minimum atomic E-state index is -4.41. The Morgan fingerprint density at radius 2 is 1.83 bits per heavy atom. The molecule has 134 valence electrons. The zero-order chi connectivity index (χ0) is 18.3. The van der Waals surface area contributed by atoms with E-state index < -0.39 is 28.0 Å². The molecule has 0 spiro atoms. The number of hydrogen-bond acceptors (Lipinski definition) is 2. The summed E-state index contributed by atoms with van der Waals surface area (Å²) in [4.78, 5) is 0.0657. The highest BCUT2D eigenvalue weighted by atomic mass is 35.5. The summed E-state index contributed by atoms with van der Waals surface area (Å²) in [6, 6.07) is 6.23. The maximum atomic E-state index is 12.9. The quantitative estimate of drug-likeness (QED) is 0.774. The molecule has 1 heterocycles. The Bertz CT molecular complexity index is 753. The van der Waals surface area contributed by atoms with Crippen LogP contribution in [-0.4, -0.2) is 32.0 Å². The first-order valence-electron chi connectivity index (χ1n) is 7.34. The van der Waals surface area contributed by atoms with Crippen LogP contribution in [0.15, 0.2) is 39.8 Å². The van der Waals surface area contributed by atoms with Gasteiger partial charge >= 0.3 is 6.18 Å². The fourth-order valence-corrected chi connectivity index (χ4v) is 4.89. The van der Waals surface area contributed by atoms with Crippen molar-refractivity contribution in [2.24, 2.45) is 5.41 Å². The number of hydrogen-bond donors (Lipinski definition) is 0. The Morgan fingerprint density at radius 1 is 1.29 bits per heavy atom. The second-order valence-electron chi connectivity index (χ2n) is 6.45. The summed E-state index contributed by atoms with van der Waals surface area (Å²) in [6.45, 7) is 4.35. The van der Waals surface area contributed by atoms with E-state index in [2.05, 4.69) is 0 Å². The molecule has 1 atom stereocenters. The van der Waals surface area contributed by atoms with Crippen LogP contribution in [0.5, 0.6) is 0 Å². The molecular weight excluding hydrogens is 363 g/mol. The first-order valence-corrected chi connectivity index (χ1v) is 9.16. The van der Waals surface area contributed by atoms with Crippen molar-refractivity contribution in [1.29, 1.82) is 0 Å². The summed E-state index contributed by atoms with van der Waals surface area (Å²) in [6.07, 6.45) is -5.52. The first kappa shape index (κ1) is 19.3. The van der Waals surface area contributed by atoms with Crippen LogP contribution in [0.3, 0.4) is 0 Å². The Labute approximate surface area is 145 Å². The lowest BCUT2D eigenvalue weighted by molar-refractivity contribution is -0.150. The highest BCUT2D eigenvalue weighted by Gasteiger charge is 2.49. The van der Waals surface area contributed by atoms with Gasteiger partial charge in [0.1, 0.15) is 0 Å². The molecule has 0 aromatic heterocycles. The number of alkyl halides is 3. The van der Waals surface area contributed by atoms with E-state index in [0.29, 0.717) is 5.57 Å². The summed E-state index contributed by atoms with van der Waals surface area (Å²) < 4.78 is 65.4. The number of halogens is 4. The maximum absolute atomic E-state index is 12.9. The smallest absolute Gasteiger partial charge is 0.207 e. The fourth-order valence-electron chi connectivity index (χ4n) is 3.07. The first-order chi connectivity index (χ1) is 10.8. The molecule has 1 aliphatic rings. The number of rotatable bonds is 3. The van der Waals surface area contributed by atoms with E-state index in [1.165, 1.54) is 26.0 Å². The Balaban J connectivity index is 2.40. The van der Waals surface area contributed by atoms with Crippen molar-refractivity contribution in [3.8, 4) is 0 Å². The maximum Gasteiger partial charge on any atom is 0.390 e. The lowest BCUT2D eigenvalue weighted by atomic mass is 9.81. The molecule has 1 aromatic carbocycles. The van der Waals surface area contributed by atoms with Gasteiger partial charge in [-0.25, -0.2) is 8.42 Å². The van der Waals surface area contributed by atoms with Crippen molar-refractivity contribution in [3.63, 3.8) is 0 Å². The zero-order valence-electron chi connectivity index (χ0n) is 13.6. The van der Waals surface area contributed by atoms with E-state index >= 15 is 0 Å². The average Bonchev–Trinajstić information content (AvgIpc) is 2.75. The van der Waals surface area contributed by atoms with Crippen LogP contribution in [0.4, 0.5) is 13.2 Å². The molecule has 1 unspecified atom stereocenters. The summed E-state index contributed by atoms with van der Waals surface area (Å²) in [7, 11) is -3.88. The molecule has 0 radical (unpaired) electrons. The van der Waals surface area contributed by atoms with Gasteiger partial charge in [-0.2, -0.15) is 17.5 Å². The van der Waals surface area contributed by atoms with Crippen LogP contribution >= 0.6 is 11.6 Å². The minimum absolute atomic E-state index is 0.0657. The van der Waals surface area contributed by atoms with Crippen LogP contribution in [-0.2, 0) is 10.0 Å². The molecule has 1 saturated heterocycles. The third-order valence-corrected chi connectivity index (χ3v) is 6.29. The second-order valence-corrected chi connectivity index (χ2v) is 8.96. The lowest BCUT2D eigenvalue weighted by Crippen LogP contribution is -2.33. The van der Waals surface area contributed by atoms with Gasteiger partial charge in [0, 0.05) is 23.5 Å². The zero-order valence-corrected chi connectivity index (χ0v) is 15.2. The van der Waals surface area contributed by atoms with Crippen molar-refractivity contribution >= 4 is 21.6 Å². The van der Waals surface area contributed by atoms with E-state index in [-0.39, 0.29) is 23.0 Å². The van der Waals surface area contributed by atoms with Gasteiger partial charge in [-0.1, -0.05) is 36.2 Å². The molecule has 2 rings (SSSR count). The normalized spacial score (nSPS) is 25.1. The van der Waals surface area contributed by atoms with Crippen molar-refractivity contribution in [2.75, 3.05) is 13.1 Å². The van der Waals surface area contributed by atoms with E-state index in [1.807, 2.05) is 6.92 Å². The number of allylic oxidation sites excluding steroid dienone is 1. The Kier molecular flexibility index (Phi) is 5.10. The molecule has 3 nitrogen and oxygen atoms in total. The predicted octanol–water partition coefficient (Wildman–Crippen LogP) is 4.47. The monoisotopic (exact) mass is 381 g/mol. The van der Waals surface area contributed by atoms with Crippen LogP contribution in [0.25, 0.3) is 0 Å². The summed E-state index contributed by atoms with van der Waals surface area (Å²) in [5.41, 5.74) is -0.145. The van der Waals surface area contributed by atoms with Crippen molar-refractivity contribution < 1.29 is 21.6 Å². The molecule has 8 heteroatoms. The van der Waals surface area contributed by atoms with Crippen LogP contribution in [0, 0.1) is 12.3 Å². The highest BCUT2D eigenvalue weighted by Crippen LogP contribution is 2.47. The Morgan fingerprint density at radius 3 is 2.29 bits per heavy atom. The summed E-state index contributed by atoms with van der Waals surface area (Å²) in [5.74, 6) is 0. The Hall–Kier alpha value is -1.05. The SMILES string of the molecule is C/C(Cl)=C1/CN(S(=O)(=O)c2ccc(C)cc2)CC1(C)CC(F)(F)F. The third-order valence-electron chi connectivity index (χ3n) is 4.25. The van der Waals surface area contributed by atoms with Crippen molar-refractivity contribution in [1.82, 2.24) is 4.31 Å². The molecule has 1 aliphatic heterocycles. The largest absolute Gasteiger partial charge is 0.390 e. The highest BCUT2D eigenvalue weighted by molar-refractivity contribution is 7.89. The van der Waals surface area contributed by atoms with Crippen LogP contribution in [0.2, 0.25) is 0 Å². The molecule has 24 heavy (non-hydrogen) atoms. The van der Waals surface area contributed by atoms with Crippen molar-refractivity contribution in [2.45, 2.75) is 38.3 Å². The van der Waals surface area contributed by atoms with Gasteiger partial charge in [-0.15, -0.1) is 0 Å². The summed E-state index contributed by atoms with van der Waals surface area (Å²) >= 11 is 5.97. The molecule has 0 saturated carbocycles. The number of nitrogens with zero attached hydrogens (tertiary/aromatic N) is 1. The number of benzene rings is 1. The van der Waals surface area contributed by atoms with Gasteiger partial charge in [-0.05, 0) is 31.6 Å². The van der Waals surface area contributed by atoms with Gasteiger partial charge in [0.05, 0.1) is 11.3 Å². The van der Waals surface area contributed by atoms with Crippen LogP contribution < -0.4 is 0 Å². The van der Waals surface area contributed by atoms with Crippen molar-refractivity contribution in [3.05, 3.63) is 40.4 Å². The van der Waals surface area contributed by atoms with E-state index in [9.17, 15) is 21.6 Å². The second kappa shape index (κ2) is 6.35. The molecule has 1 fully saturated rings. The fraction of sp³-hybridized carbons (Fsp3) is 0.500. The van der Waals surface area contributed by atoms with Crippen LogP contribution in [0.1, 0.15) is 25.8 Å². The lowest BCUT2D eigenvalue weighted by Gasteiger charge is -2.27. The molecule has 0 N–H and O–H groups in total. The standard InChI is InChI=1S/C16H19ClF3NO2S/c1-11-4-6-13(7-5-11)24(22,23)21-8-14(12(2)17)15(3,10-21)9-16(18,19)20/h4-7H,8-10H2,1-3H3/b14-12+. The molecule has 0 amide bonds. The van der Waals surface area contributed by atoms with Gasteiger partial charge in [0.2, 0.25) is 10.0 Å². The van der Waals surface area contributed by atoms with Gasteiger partial charge < -0.3 is 0 Å². The van der Waals surface area contributed by atoms with Gasteiger partial charge in [-0.3, -0.25) is 0 Å². The topological polar surface area (TPSA) is 37.4 Å². The molecule has 0 bridgehead atoms. The minimum Gasteiger partial charge on any atom is -0.207 e. The van der Waals surface area contributed by atoms with E-state index in [0.717, 1.165) is 9.87 Å².